The first-order chi connectivity index (χ1) is 13.4. The van der Waals surface area contributed by atoms with E-state index in [2.05, 4.69) is 73.8 Å². The third-order valence-electron chi connectivity index (χ3n) is 4.78. The predicted molar refractivity (Wildman–Crippen MR) is 108 cm³/mol. The number of hydrogen-bond acceptors (Lipinski definition) is 2. The summed E-state index contributed by atoms with van der Waals surface area (Å²) in [7, 11) is 0. The molecule has 0 fully saturated rings. The van der Waals surface area contributed by atoms with Crippen LogP contribution in [0.25, 0.3) is 28.0 Å². The van der Waals surface area contributed by atoms with Crippen molar-refractivity contribution in [1.82, 2.24) is 19.1 Å². The summed E-state index contributed by atoms with van der Waals surface area (Å²) < 4.78 is 4.38. The van der Waals surface area contributed by atoms with Crippen molar-refractivity contribution in [2.45, 2.75) is 6.54 Å². The lowest BCUT2D eigenvalue weighted by Crippen LogP contribution is -2.01. The number of rotatable bonds is 4. The van der Waals surface area contributed by atoms with Crippen LogP contribution in [0.1, 0.15) is 5.56 Å². The Morgan fingerprint density at radius 1 is 0.852 bits per heavy atom. The first-order valence-corrected chi connectivity index (χ1v) is 8.95. The third kappa shape index (κ3) is 2.91. The minimum Gasteiger partial charge on any atom is -0.343 e. The monoisotopic (exact) mass is 350 g/mol. The Hall–Kier alpha value is -3.66. The zero-order valence-corrected chi connectivity index (χ0v) is 14.7. The van der Waals surface area contributed by atoms with Gasteiger partial charge in [0, 0.05) is 42.1 Å². The summed E-state index contributed by atoms with van der Waals surface area (Å²) in [5.41, 5.74) is 6.77. The Balaban J connectivity index is 1.55. The van der Waals surface area contributed by atoms with Crippen LogP contribution >= 0.6 is 0 Å². The van der Waals surface area contributed by atoms with Crippen molar-refractivity contribution in [1.29, 1.82) is 0 Å². The molecule has 3 heterocycles. The van der Waals surface area contributed by atoms with Gasteiger partial charge in [0.05, 0.1) is 11.0 Å². The second kappa shape index (κ2) is 6.57. The standard InChI is InChI=1S/C23H18N4/c1-2-10-23-21(9-1)25-17-27(23)20-8-3-7-19(14-20)22-11-5-13-26(22)16-18-6-4-12-24-15-18/h1-15,17H,16H2. The topological polar surface area (TPSA) is 35.6 Å². The van der Waals surface area contributed by atoms with Crippen molar-refractivity contribution in [3.8, 4) is 16.9 Å². The van der Waals surface area contributed by atoms with E-state index in [0.717, 1.165) is 23.3 Å². The van der Waals surface area contributed by atoms with Crippen LogP contribution in [-0.2, 0) is 6.54 Å². The minimum absolute atomic E-state index is 0.800. The molecule has 0 amide bonds. The van der Waals surface area contributed by atoms with Gasteiger partial charge in [-0.2, -0.15) is 0 Å². The van der Waals surface area contributed by atoms with Crippen LogP contribution in [0, 0.1) is 0 Å². The molecule has 0 atom stereocenters. The fourth-order valence-electron chi connectivity index (χ4n) is 3.48. The third-order valence-corrected chi connectivity index (χ3v) is 4.78. The van der Waals surface area contributed by atoms with Gasteiger partial charge in [-0.15, -0.1) is 0 Å². The van der Waals surface area contributed by atoms with Crippen molar-refractivity contribution in [3.05, 3.63) is 103 Å². The zero-order chi connectivity index (χ0) is 18.1. The van der Waals surface area contributed by atoms with Crippen LogP contribution in [0.4, 0.5) is 0 Å². The Kier molecular flexibility index (Phi) is 3.79. The second-order valence-corrected chi connectivity index (χ2v) is 6.54. The minimum atomic E-state index is 0.800. The number of imidazole rings is 1. The van der Waals surface area contributed by atoms with Crippen LogP contribution in [-0.4, -0.2) is 19.1 Å². The van der Waals surface area contributed by atoms with Crippen molar-refractivity contribution in [2.75, 3.05) is 0 Å². The molecule has 5 rings (SSSR count). The molecule has 5 aromatic rings. The lowest BCUT2D eigenvalue weighted by atomic mass is 10.1. The SMILES string of the molecule is c1cncc(Cn2cccc2-c2cccc(-n3cnc4ccccc43)c2)c1. The molecule has 0 aliphatic heterocycles. The van der Waals surface area contributed by atoms with Crippen molar-refractivity contribution in [3.63, 3.8) is 0 Å². The molecule has 27 heavy (non-hydrogen) atoms. The van der Waals surface area contributed by atoms with Gasteiger partial charge in [0.25, 0.3) is 0 Å². The lowest BCUT2D eigenvalue weighted by molar-refractivity contribution is 0.809. The fraction of sp³-hybridized carbons (Fsp3) is 0.0435. The molecule has 4 heteroatoms. The average molecular weight is 350 g/mol. The summed E-state index contributed by atoms with van der Waals surface area (Å²) in [5.74, 6) is 0. The van der Waals surface area contributed by atoms with Crippen molar-refractivity contribution in [2.24, 2.45) is 0 Å². The number of fused-ring (bicyclic) bond motifs is 1. The van der Waals surface area contributed by atoms with E-state index < -0.39 is 0 Å². The average Bonchev–Trinajstić information content (AvgIpc) is 3.36. The highest BCUT2D eigenvalue weighted by Gasteiger charge is 2.08. The van der Waals surface area contributed by atoms with Gasteiger partial charge in [0.1, 0.15) is 6.33 Å². The maximum absolute atomic E-state index is 4.51. The first-order valence-electron chi connectivity index (χ1n) is 8.95. The fourth-order valence-corrected chi connectivity index (χ4v) is 3.48. The van der Waals surface area contributed by atoms with Gasteiger partial charge >= 0.3 is 0 Å². The number of pyridine rings is 1. The van der Waals surface area contributed by atoms with E-state index in [1.807, 2.05) is 36.8 Å². The molecule has 2 aromatic carbocycles. The maximum Gasteiger partial charge on any atom is 0.100 e. The highest BCUT2D eigenvalue weighted by Crippen LogP contribution is 2.25. The molecular weight excluding hydrogens is 332 g/mol. The molecule has 0 spiro atoms. The largest absolute Gasteiger partial charge is 0.343 e. The van der Waals surface area contributed by atoms with Gasteiger partial charge in [-0.3, -0.25) is 9.55 Å². The van der Waals surface area contributed by atoms with Crippen LogP contribution in [0.3, 0.4) is 0 Å². The molecule has 0 bridgehead atoms. The summed E-state index contributed by atoms with van der Waals surface area (Å²) in [6.45, 7) is 0.800. The molecule has 4 nitrogen and oxygen atoms in total. The van der Waals surface area contributed by atoms with E-state index in [1.165, 1.54) is 16.8 Å². The van der Waals surface area contributed by atoms with E-state index in [4.69, 9.17) is 0 Å². The molecule has 0 aliphatic rings. The van der Waals surface area contributed by atoms with E-state index in [-0.39, 0.29) is 0 Å². The number of nitrogens with zero attached hydrogens (tertiary/aromatic N) is 4. The lowest BCUT2D eigenvalue weighted by Gasteiger charge is -2.11. The summed E-state index contributed by atoms with van der Waals surface area (Å²) in [6, 6.07) is 25.1. The van der Waals surface area contributed by atoms with Crippen LogP contribution in [0.2, 0.25) is 0 Å². The molecule has 0 unspecified atom stereocenters. The number of hydrogen-bond donors (Lipinski definition) is 0. The van der Waals surface area contributed by atoms with Crippen LogP contribution < -0.4 is 0 Å². The maximum atomic E-state index is 4.51. The quantitative estimate of drug-likeness (QED) is 0.460. The molecule has 3 aromatic heterocycles. The van der Waals surface area contributed by atoms with Gasteiger partial charge in [-0.25, -0.2) is 4.98 Å². The zero-order valence-electron chi connectivity index (χ0n) is 14.7. The smallest absolute Gasteiger partial charge is 0.100 e. The van der Waals surface area contributed by atoms with Gasteiger partial charge in [0.15, 0.2) is 0 Å². The Morgan fingerprint density at radius 3 is 2.74 bits per heavy atom. The highest BCUT2D eigenvalue weighted by molar-refractivity contribution is 5.77. The summed E-state index contributed by atoms with van der Waals surface area (Å²) in [4.78, 5) is 8.73. The number of aromatic nitrogens is 4. The van der Waals surface area contributed by atoms with Gasteiger partial charge < -0.3 is 4.57 Å². The normalized spacial score (nSPS) is 11.1. The Labute approximate surface area is 157 Å². The molecular formula is C23H18N4. The molecule has 0 saturated heterocycles. The first kappa shape index (κ1) is 15.6. The summed E-state index contributed by atoms with van der Waals surface area (Å²) in [5, 5.41) is 0. The molecule has 0 aliphatic carbocycles. The van der Waals surface area contributed by atoms with E-state index >= 15 is 0 Å². The molecule has 0 N–H and O–H groups in total. The second-order valence-electron chi connectivity index (χ2n) is 6.54. The van der Waals surface area contributed by atoms with Gasteiger partial charge in [-0.1, -0.05) is 30.3 Å². The molecule has 0 radical (unpaired) electrons. The predicted octanol–water partition coefficient (Wildman–Crippen LogP) is 4.94. The van der Waals surface area contributed by atoms with Crippen LogP contribution in [0.15, 0.2) is 97.7 Å². The van der Waals surface area contributed by atoms with E-state index in [1.54, 1.807) is 6.20 Å². The Morgan fingerprint density at radius 2 is 1.81 bits per heavy atom. The Bertz CT molecular complexity index is 1200. The van der Waals surface area contributed by atoms with E-state index in [9.17, 15) is 0 Å². The van der Waals surface area contributed by atoms with Gasteiger partial charge in [-0.05, 0) is 48.0 Å². The van der Waals surface area contributed by atoms with Crippen molar-refractivity contribution >= 4 is 11.0 Å². The van der Waals surface area contributed by atoms with Crippen LogP contribution in [0.5, 0.6) is 0 Å². The number of para-hydroxylation sites is 2. The van der Waals surface area contributed by atoms with E-state index in [0.29, 0.717) is 0 Å². The molecule has 130 valence electrons. The number of benzene rings is 2. The highest BCUT2D eigenvalue weighted by atomic mass is 15.0. The molecule has 0 saturated carbocycles. The summed E-state index contributed by atoms with van der Waals surface area (Å²) in [6.07, 6.45) is 7.72. The summed E-state index contributed by atoms with van der Waals surface area (Å²) >= 11 is 0. The van der Waals surface area contributed by atoms with Gasteiger partial charge in [0.2, 0.25) is 0 Å². The van der Waals surface area contributed by atoms with Crippen molar-refractivity contribution < 1.29 is 0 Å².